The summed E-state index contributed by atoms with van der Waals surface area (Å²) in [5, 5.41) is 9.20. The normalized spacial score (nSPS) is 20.2. The number of piperidine rings is 1. The second-order valence-corrected chi connectivity index (χ2v) is 7.27. The third-order valence-corrected chi connectivity index (χ3v) is 5.22. The minimum absolute atomic E-state index is 0.0313. The molecule has 7 heteroatoms. The molecule has 1 fully saturated rings. The molecule has 21 heavy (non-hydrogen) atoms. The molecule has 1 aliphatic rings. The Bertz CT molecular complexity index is 557. The highest BCUT2D eigenvalue weighted by Gasteiger charge is 2.28. The van der Waals surface area contributed by atoms with Crippen molar-refractivity contribution in [2.75, 3.05) is 43.4 Å². The van der Waals surface area contributed by atoms with Crippen LogP contribution in [-0.4, -0.2) is 51.6 Å². The predicted octanol–water partition coefficient (Wildman–Crippen LogP) is 1.11. The molecule has 0 aliphatic carbocycles. The van der Waals surface area contributed by atoms with Crippen molar-refractivity contribution in [3.8, 4) is 0 Å². The molecule has 0 spiro atoms. The number of hydrogen-bond donors (Lipinski definition) is 2. The van der Waals surface area contributed by atoms with E-state index in [9.17, 15) is 13.5 Å². The smallest absolute Gasteiger partial charge is 0.301 e. The highest BCUT2D eigenvalue weighted by molar-refractivity contribution is 7.90. The molecule has 2 rings (SSSR count). The van der Waals surface area contributed by atoms with Gasteiger partial charge in [-0.15, -0.1) is 0 Å². The number of hydrogen-bond acceptors (Lipinski definition) is 4. The average Bonchev–Trinajstić information content (AvgIpc) is 2.47. The van der Waals surface area contributed by atoms with Gasteiger partial charge < -0.3 is 10.0 Å². The first-order valence-corrected chi connectivity index (χ1v) is 8.52. The van der Waals surface area contributed by atoms with Gasteiger partial charge in [-0.3, -0.25) is 4.72 Å². The van der Waals surface area contributed by atoms with Crippen molar-refractivity contribution >= 4 is 21.6 Å². The van der Waals surface area contributed by atoms with Crippen molar-refractivity contribution in [2.24, 2.45) is 5.92 Å². The van der Waals surface area contributed by atoms with Gasteiger partial charge in [-0.05, 0) is 43.0 Å². The molecular formula is C14H23N3O3S. The van der Waals surface area contributed by atoms with E-state index in [4.69, 9.17) is 0 Å². The summed E-state index contributed by atoms with van der Waals surface area (Å²) in [7, 11) is 0.311. The Labute approximate surface area is 126 Å². The SMILES string of the molecule is CN(C)c1ccc(NS(=O)(=O)N2CCCC(CO)C2)cc1. The van der Waals surface area contributed by atoms with E-state index in [0.29, 0.717) is 18.8 Å². The molecule has 1 aliphatic heterocycles. The molecule has 118 valence electrons. The van der Waals surface area contributed by atoms with Crippen LogP contribution in [-0.2, 0) is 10.2 Å². The lowest BCUT2D eigenvalue weighted by Gasteiger charge is -2.31. The molecule has 1 heterocycles. The summed E-state index contributed by atoms with van der Waals surface area (Å²) in [5.41, 5.74) is 1.56. The molecule has 0 amide bonds. The van der Waals surface area contributed by atoms with Gasteiger partial charge in [0.25, 0.3) is 0 Å². The number of aliphatic hydroxyl groups excluding tert-OH is 1. The molecule has 1 atom stereocenters. The van der Waals surface area contributed by atoms with Crippen LogP contribution in [0.25, 0.3) is 0 Å². The van der Waals surface area contributed by atoms with Crippen molar-refractivity contribution in [1.29, 1.82) is 0 Å². The fraction of sp³-hybridized carbons (Fsp3) is 0.571. The van der Waals surface area contributed by atoms with Gasteiger partial charge >= 0.3 is 10.2 Å². The zero-order valence-electron chi connectivity index (χ0n) is 12.5. The van der Waals surface area contributed by atoms with Crippen LogP contribution in [0.2, 0.25) is 0 Å². The van der Waals surface area contributed by atoms with Crippen LogP contribution in [0.15, 0.2) is 24.3 Å². The topological polar surface area (TPSA) is 72.9 Å². The van der Waals surface area contributed by atoms with Crippen LogP contribution in [0.3, 0.4) is 0 Å². The van der Waals surface area contributed by atoms with E-state index >= 15 is 0 Å². The molecule has 1 unspecified atom stereocenters. The lowest BCUT2D eigenvalue weighted by atomic mass is 10.0. The quantitative estimate of drug-likeness (QED) is 0.854. The molecule has 0 bridgehead atoms. The van der Waals surface area contributed by atoms with Crippen molar-refractivity contribution in [2.45, 2.75) is 12.8 Å². The summed E-state index contributed by atoms with van der Waals surface area (Å²) in [6.07, 6.45) is 1.66. The van der Waals surface area contributed by atoms with Crippen molar-refractivity contribution < 1.29 is 13.5 Å². The molecule has 0 aromatic heterocycles. The van der Waals surface area contributed by atoms with Gasteiger partial charge in [0.05, 0.1) is 0 Å². The summed E-state index contributed by atoms with van der Waals surface area (Å²) >= 11 is 0. The Morgan fingerprint density at radius 1 is 1.33 bits per heavy atom. The van der Waals surface area contributed by atoms with E-state index in [1.54, 1.807) is 12.1 Å². The van der Waals surface area contributed by atoms with Crippen molar-refractivity contribution in [3.05, 3.63) is 24.3 Å². The van der Waals surface area contributed by atoms with Crippen LogP contribution < -0.4 is 9.62 Å². The summed E-state index contributed by atoms with van der Waals surface area (Å²) in [5.74, 6) is 0.0337. The highest BCUT2D eigenvalue weighted by atomic mass is 32.2. The van der Waals surface area contributed by atoms with Gasteiger partial charge in [-0.25, -0.2) is 0 Å². The minimum Gasteiger partial charge on any atom is -0.396 e. The Balaban J connectivity index is 2.06. The summed E-state index contributed by atoms with van der Waals surface area (Å²) in [6, 6.07) is 7.23. The van der Waals surface area contributed by atoms with E-state index in [2.05, 4.69) is 4.72 Å². The molecular weight excluding hydrogens is 290 g/mol. The monoisotopic (exact) mass is 313 g/mol. The fourth-order valence-electron chi connectivity index (χ4n) is 2.44. The third-order valence-electron chi connectivity index (χ3n) is 3.71. The molecule has 0 saturated carbocycles. The predicted molar refractivity (Wildman–Crippen MR) is 84.7 cm³/mol. The first kappa shape index (κ1) is 16.1. The lowest BCUT2D eigenvalue weighted by Crippen LogP contribution is -2.43. The second kappa shape index (κ2) is 6.64. The average molecular weight is 313 g/mol. The Kier molecular flexibility index (Phi) is 5.08. The summed E-state index contributed by atoms with van der Waals surface area (Å²) in [4.78, 5) is 1.95. The Hall–Kier alpha value is -1.31. The summed E-state index contributed by atoms with van der Waals surface area (Å²) < 4.78 is 28.7. The fourth-order valence-corrected chi connectivity index (χ4v) is 3.77. The number of benzene rings is 1. The highest BCUT2D eigenvalue weighted by Crippen LogP contribution is 2.21. The van der Waals surface area contributed by atoms with E-state index < -0.39 is 10.2 Å². The number of aliphatic hydroxyl groups is 1. The Morgan fingerprint density at radius 2 is 2.00 bits per heavy atom. The van der Waals surface area contributed by atoms with E-state index in [1.807, 2.05) is 31.1 Å². The van der Waals surface area contributed by atoms with Crippen LogP contribution in [0, 0.1) is 5.92 Å². The van der Waals surface area contributed by atoms with Crippen LogP contribution in [0.1, 0.15) is 12.8 Å². The van der Waals surface area contributed by atoms with Gasteiger partial charge in [0.15, 0.2) is 0 Å². The first-order chi connectivity index (χ1) is 9.92. The van der Waals surface area contributed by atoms with Gasteiger partial charge in [-0.2, -0.15) is 12.7 Å². The van der Waals surface area contributed by atoms with Gasteiger partial charge in [0, 0.05) is 45.2 Å². The van der Waals surface area contributed by atoms with Gasteiger partial charge in [0.1, 0.15) is 0 Å². The maximum Gasteiger partial charge on any atom is 0.301 e. The number of nitrogens with one attached hydrogen (secondary N) is 1. The molecule has 6 nitrogen and oxygen atoms in total. The largest absolute Gasteiger partial charge is 0.396 e. The third kappa shape index (κ3) is 4.09. The number of anilines is 2. The van der Waals surface area contributed by atoms with Crippen LogP contribution in [0.4, 0.5) is 11.4 Å². The van der Waals surface area contributed by atoms with Crippen LogP contribution in [0.5, 0.6) is 0 Å². The zero-order chi connectivity index (χ0) is 15.5. The van der Waals surface area contributed by atoms with E-state index in [0.717, 1.165) is 18.5 Å². The minimum atomic E-state index is -3.55. The molecule has 1 aromatic carbocycles. The molecule has 0 radical (unpaired) electrons. The number of rotatable bonds is 5. The van der Waals surface area contributed by atoms with E-state index in [1.165, 1.54) is 4.31 Å². The maximum atomic E-state index is 12.4. The zero-order valence-corrected chi connectivity index (χ0v) is 13.3. The first-order valence-electron chi connectivity index (χ1n) is 7.08. The molecule has 1 saturated heterocycles. The van der Waals surface area contributed by atoms with Crippen molar-refractivity contribution in [3.63, 3.8) is 0 Å². The number of nitrogens with zero attached hydrogens (tertiary/aromatic N) is 2. The summed E-state index contributed by atoms with van der Waals surface area (Å²) in [6.45, 7) is 0.910. The van der Waals surface area contributed by atoms with E-state index in [-0.39, 0.29) is 12.5 Å². The Morgan fingerprint density at radius 3 is 2.57 bits per heavy atom. The maximum absolute atomic E-state index is 12.4. The van der Waals surface area contributed by atoms with Crippen molar-refractivity contribution in [1.82, 2.24) is 4.31 Å². The molecule has 1 aromatic rings. The van der Waals surface area contributed by atoms with Crippen LogP contribution >= 0.6 is 0 Å². The molecule has 2 N–H and O–H groups in total. The standard InChI is InChI=1S/C14H23N3O3S/c1-16(2)14-7-5-13(6-8-14)15-21(19,20)17-9-3-4-12(10-17)11-18/h5-8,12,15,18H,3-4,9-11H2,1-2H3. The van der Waals surface area contributed by atoms with Gasteiger partial charge in [-0.1, -0.05) is 0 Å². The lowest BCUT2D eigenvalue weighted by molar-refractivity contribution is 0.166. The van der Waals surface area contributed by atoms with Gasteiger partial charge in [0.2, 0.25) is 0 Å². The second-order valence-electron chi connectivity index (χ2n) is 5.60.